The minimum absolute atomic E-state index is 0.234. The number of hydrogen-bond donors (Lipinski definition) is 1. The summed E-state index contributed by atoms with van der Waals surface area (Å²) in [7, 11) is 1.78. The first kappa shape index (κ1) is 15.1. The molecule has 2 heterocycles. The minimum atomic E-state index is -0.234. The lowest BCUT2D eigenvalue weighted by Gasteiger charge is -2.28. The Morgan fingerprint density at radius 2 is 2.23 bits per heavy atom. The van der Waals surface area contributed by atoms with Gasteiger partial charge in [-0.1, -0.05) is 18.2 Å². The van der Waals surface area contributed by atoms with Crippen LogP contribution in [0.25, 0.3) is 0 Å². The summed E-state index contributed by atoms with van der Waals surface area (Å²) in [5.74, 6) is 0.936. The molecule has 0 spiro atoms. The van der Waals surface area contributed by atoms with E-state index in [0.717, 1.165) is 43.1 Å². The summed E-state index contributed by atoms with van der Waals surface area (Å²) in [6.07, 6.45) is 4.57. The molecule has 5 heteroatoms. The van der Waals surface area contributed by atoms with Gasteiger partial charge in [-0.15, -0.1) is 0 Å². The van der Waals surface area contributed by atoms with E-state index in [1.807, 2.05) is 24.4 Å². The van der Waals surface area contributed by atoms with Crippen molar-refractivity contribution in [3.8, 4) is 5.75 Å². The Morgan fingerprint density at radius 3 is 2.95 bits per heavy atom. The number of likely N-dealkylation sites (tertiary alicyclic amines) is 1. The Hall–Kier alpha value is -1.85. The van der Waals surface area contributed by atoms with Gasteiger partial charge in [0.05, 0.1) is 6.33 Å². The van der Waals surface area contributed by atoms with E-state index in [-0.39, 0.29) is 5.60 Å². The lowest BCUT2D eigenvalue weighted by molar-refractivity contribution is -0.0361. The average molecular weight is 301 g/mol. The smallest absolute Gasteiger partial charge is 0.122 e. The van der Waals surface area contributed by atoms with Crippen LogP contribution < -0.4 is 4.74 Å². The lowest BCUT2D eigenvalue weighted by Crippen LogP contribution is -2.41. The van der Waals surface area contributed by atoms with Crippen molar-refractivity contribution in [1.82, 2.24) is 14.9 Å². The fourth-order valence-electron chi connectivity index (χ4n) is 2.95. The number of aromatic nitrogens is 2. The van der Waals surface area contributed by atoms with Gasteiger partial charge in [-0.2, -0.15) is 0 Å². The van der Waals surface area contributed by atoms with Crippen LogP contribution in [0, 0.1) is 6.92 Å². The molecule has 1 saturated heterocycles. The van der Waals surface area contributed by atoms with Gasteiger partial charge in [0.1, 0.15) is 18.0 Å². The van der Waals surface area contributed by atoms with Gasteiger partial charge in [0, 0.05) is 38.6 Å². The molecule has 22 heavy (non-hydrogen) atoms. The van der Waals surface area contributed by atoms with E-state index in [4.69, 9.17) is 9.47 Å². The van der Waals surface area contributed by atoms with Crippen molar-refractivity contribution in [3.63, 3.8) is 0 Å². The second-order valence-corrected chi connectivity index (χ2v) is 5.98. The quantitative estimate of drug-likeness (QED) is 0.890. The van der Waals surface area contributed by atoms with E-state index in [2.05, 4.69) is 27.9 Å². The number of ether oxygens (including phenoxy) is 2. The van der Waals surface area contributed by atoms with E-state index in [9.17, 15) is 0 Å². The molecule has 118 valence electrons. The van der Waals surface area contributed by atoms with E-state index in [0.29, 0.717) is 6.61 Å². The van der Waals surface area contributed by atoms with Gasteiger partial charge in [0.2, 0.25) is 0 Å². The van der Waals surface area contributed by atoms with Crippen molar-refractivity contribution >= 4 is 0 Å². The van der Waals surface area contributed by atoms with Gasteiger partial charge >= 0.3 is 0 Å². The monoisotopic (exact) mass is 301 g/mol. The first-order valence-electron chi connectivity index (χ1n) is 7.64. The zero-order valence-electron chi connectivity index (χ0n) is 13.2. The van der Waals surface area contributed by atoms with Gasteiger partial charge in [-0.3, -0.25) is 4.90 Å². The highest BCUT2D eigenvalue weighted by molar-refractivity contribution is 5.31. The molecule has 3 rings (SSSR count). The molecule has 2 aromatic rings. The number of hydrogen-bond acceptors (Lipinski definition) is 4. The molecule has 0 amide bonds. The van der Waals surface area contributed by atoms with E-state index < -0.39 is 0 Å². The molecule has 1 aliphatic rings. The van der Waals surface area contributed by atoms with Crippen LogP contribution in [0.1, 0.15) is 17.7 Å². The second kappa shape index (κ2) is 6.50. The Morgan fingerprint density at radius 1 is 1.36 bits per heavy atom. The number of benzene rings is 1. The predicted octanol–water partition coefficient (Wildman–Crippen LogP) is 2.39. The number of H-pyrrole nitrogens is 1. The summed E-state index contributed by atoms with van der Waals surface area (Å²) in [6, 6.07) is 8.10. The maximum absolute atomic E-state index is 6.03. The van der Waals surface area contributed by atoms with Crippen molar-refractivity contribution in [2.75, 3.05) is 26.8 Å². The Balaban J connectivity index is 1.60. The highest BCUT2D eigenvalue weighted by Gasteiger charge is 2.39. The number of rotatable bonds is 6. The summed E-state index contributed by atoms with van der Waals surface area (Å²) in [6.45, 7) is 5.38. The minimum Gasteiger partial charge on any atom is -0.490 e. The van der Waals surface area contributed by atoms with Crippen molar-refractivity contribution in [3.05, 3.63) is 48.0 Å². The van der Waals surface area contributed by atoms with Crippen LogP contribution in [0.5, 0.6) is 5.75 Å². The fraction of sp³-hybridized carbons (Fsp3) is 0.471. The van der Waals surface area contributed by atoms with Gasteiger partial charge in [0.15, 0.2) is 0 Å². The molecule has 1 aromatic heterocycles. The molecule has 0 saturated carbocycles. The maximum Gasteiger partial charge on any atom is 0.122 e. The number of nitrogens with zero attached hydrogens (tertiary/aromatic N) is 2. The molecule has 0 radical (unpaired) electrons. The zero-order valence-corrected chi connectivity index (χ0v) is 13.2. The molecular weight excluding hydrogens is 278 g/mol. The molecular formula is C17H23N3O2. The summed E-state index contributed by atoms with van der Waals surface area (Å²) >= 11 is 0. The summed E-state index contributed by atoms with van der Waals surface area (Å²) < 4.78 is 11.8. The number of para-hydroxylation sites is 1. The molecule has 1 fully saturated rings. The molecule has 1 N–H and O–H groups in total. The van der Waals surface area contributed by atoms with Crippen LogP contribution in [0.15, 0.2) is 36.8 Å². The van der Waals surface area contributed by atoms with Gasteiger partial charge < -0.3 is 14.5 Å². The number of imidazole rings is 1. The second-order valence-electron chi connectivity index (χ2n) is 5.98. The Bertz CT molecular complexity index is 600. The predicted molar refractivity (Wildman–Crippen MR) is 84.9 cm³/mol. The number of methoxy groups -OCH3 is 1. The summed E-state index contributed by atoms with van der Waals surface area (Å²) in [5, 5.41) is 0. The lowest BCUT2D eigenvalue weighted by atomic mass is 10.0. The van der Waals surface area contributed by atoms with Crippen molar-refractivity contribution < 1.29 is 9.47 Å². The highest BCUT2D eigenvalue weighted by Crippen LogP contribution is 2.28. The number of aromatic amines is 1. The van der Waals surface area contributed by atoms with E-state index in [1.54, 1.807) is 13.4 Å². The molecule has 0 bridgehead atoms. The van der Waals surface area contributed by atoms with E-state index in [1.165, 1.54) is 0 Å². The molecule has 1 aliphatic heterocycles. The Kier molecular flexibility index (Phi) is 4.45. The van der Waals surface area contributed by atoms with Crippen LogP contribution in [0.4, 0.5) is 0 Å². The zero-order chi connectivity index (χ0) is 15.4. The largest absolute Gasteiger partial charge is 0.490 e. The van der Waals surface area contributed by atoms with Crippen molar-refractivity contribution in [2.45, 2.75) is 25.5 Å². The Labute approximate surface area is 131 Å². The average Bonchev–Trinajstić information content (AvgIpc) is 3.18. The van der Waals surface area contributed by atoms with Crippen LogP contribution in [-0.2, 0) is 11.3 Å². The standard InChI is InChI=1S/C17H23N3O2/c1-14-5-3-4-6-16(14)22-12-17(21-2)7-8-20(11-17)10-15-9-18-13-19-15/h3-6,9,13H,7-8,10-12H2,1-2H3,(H,18,19)/t17-/m1/s1. The molecule has 5 nitrogen and oxygen atoms in total. The first-order valence-corrected chi connectivity index (χ1v) is 7.64. The third-order valence-electron chi connectivity index (χ3n) is 4.36. The van der Waals surface area contributed by atoms with Crippen LogP contribution in [0.3, 0.4) is 0 Å². The summed E-state index contributed by atoms with van der Waals surface area (Å²) in [5.41, 5.74) is 2.05. The van der Waals surface area contributed by atoms with Crippen molar-refractivity contribution in [1.29, 1.82) is 0 Å². The van der Waals surface area contributed by atoms with Crippen LogP contribution in [-0.4, -0.2) is 47.3 Å². The van der Waals surface area contributed by atoms with Gasteiger partial charge in [-0.05, 0) is 25.0 Å². The van der Waals surface area contributed by atoms with Crippen LogP contribution >= 0.6 is 0 Å². The SMILES string of the molecule is CO[C@]1(COc2ccccc2C)CCN(Cc2cnc[nH]2)C1. The van der Waals surface area contributed by atoms with Crippen LogP contribution in [0.2, 0.25) is 0 Å². The fourth-order valence-corrected chi connectivity index (χ4v) is 2.95. The number of nitrogens with one attached hydrogen (secondary N) is 1. The molecule has 1 aromatic carbocycles. The van der Waals surface area contributed by atoms with Crippen molar-refractivity contribution in [2.24, 2.45) is 0 Å². The molecule has 1 atom stereocenters. The third-order valence-corrected chi connectivity index (χ3v) is 4.36. The number of aryl methyl sites for hydroxylation is 1. The summed E-state index contributed by atoms with van der Waals surface area (Å²) in [4.78, 5) is 9.59. The van der Waals surface area contributed by atoms with Gasteiger partial charge in [-0.25, -0.2) is 4.98 Å². The third kappa shape index (κ3) is 3.31. The maximum atomic E-state index is 6.03. The first-order chi connectivity index (χ1) is 10.7. The molecule has 0 aliphatic carbocycles. The normalized spacial score (nSPS) is 22.1. The highest BCUT2D eigenvalue weighted by atomic mass is 16.5. The molecule has 0 unspecified atom stereocenters. The van der Waals surface area contributed by atoms with E-state index >= 15 is 0 Å². The topological polar surface area (TPSA) is 50.4 Å². The van der Waals surface area contributed by atoms with Gasteiger partial charge in [0.25, 0.3) is 0 Å².